The van der Waals surface area contributed by atoms with Crippen LogP contribution in [0.2, 0.25) is 0 Å². The molecule has 0 bridgehead atoms. The molecule has 0 aromatic heterocycles. The number of hydrogen-bond acceptors (Lipinski definition) is 4. The lowest BCUT2D eigenvalue weighted by atomic mass is 10.2. The number of carbonyl (C=O) groups is 2. The summed E-state index contributed by atoms with van der Waals surface area (Å²) in [6.45, 7) is 1.27. The first kappa shape index (κ1) is 21.9. The highest BCUT2D eigenvalue weighted by atomic mass is 19.4. The lowest BCUT2D eigenvalue weighted by molar-refractivity contribution is -0.148. The fraction of sp³-hybridized carbons (Fsp3) is 0.200. The number of halogens is 4. The smallest absolute Gasteiger partial charge is 0.416 e. The predicted octanol–water partition coefficient (Wildman–Crippen LogP) is 4.44. The van der Waals surface area contributed by atoms with Crippen molar-refractivity contribution in [3.63, 3.8) is 0 Å². The van der Waals surface area contributed by atoms with E-state index in [0.29, 0.717) is 5.56 Å². The van der Waals surface area contributed by atoms with E-state index in [1.807, 2.05) is 0 Å². The van der Waals surface area contributed by atoms with Crippen molar-refractivity contribution in [2.75, 3.05) is 12.4 Å². The largest absolute Gasteiger partial charge is 0.494 e. The Morgan fingerprint density at radius 2 is 1.86 bits per heavy atom. The van der Waals surface area contributed by atoms with E-state index >= 15 is 0 Å². The van der Waals surface area contributed by atoms with Gasteiger partial charge in [-0.05, 0) is 48.9 Å². The first-order chi connectivity index (χ1) is 13.6. The van der Waals surface area contributed by atoms with Gasteiger partial charge in [-0.25, -0.2) is 9.18 Å². The summed E-state index contributed by atoms with van der Waals surface area (Å²) in [6, 6.07) is 8.09. The summed E-state index contributed by atoms with van der Waals surface area (Å²) < 4.78 is 61.4. The Hall–Kier alpha value is -3.36. The van der Waals surface area contributed by atoms with Crippen molar-refractivity contribution in [1.82, 2.24) is 0 Å². The maximum Gasteiger partial charge on any atom is 0.416 e. The summed E-state index contributed by atoms with van der Waals surface area (Å²) in [5, 5.41) is 2.25. The SMILES string of the molecule is COc1ccc(/C=C/C(=O)O[C@H](C)C(=O)Nc2cccc(C(F)(F)F)c2)cc1F. The van der Waals surface area contributed by atoms with E-state index in [1.54, 1.807) is 0 Å². The molecule has 2 aromatic rings. The molecule has 0 heterocycles. The number of benzene rings is 2. The van der Waals surface area contributed by atoms with Gasteiger partial charge in [0.05, 0.1) is 12.7 Å². The van der Waals surface area contributed by atoms with Crippen LogP contribution in [0, 0.1) is 5.82 Å². The van der Waals surface area contributed by atoms with Crippen LogP contribution in [0.15, 0.2) is 48.5 Å². The fourth-order valence-corrected chi connectivity index (χ4v) is 2.23. The van der Waals surface area contributed by atoms with Crippen LogP contribution in [0.1, 0.15) is 18.1 Å². The lowest BCUT2D eigenvalue weighted by Crippen LogP contribution is -2.29. The Morgan fingerprint density at radius 1 is 1.14 bits per heavy atom. The van der Waals surface area contributed by atoms with E-state index in [0.717, 1.165) is 30.3 Å². The Kier molecular flexibility index (Phi) is 6.98. The molecule has 0 fully saturated rings. The summed E-state index contributed by atoms with van der Waals surface area (Å²) >= 11 is 0. The Bertz CT molecular complexity index is 925. The third-order valence-electron chi connectivity index (χ3n) is 3.71. The highest BCUT2D eigenvalue weighted by Crippen LogP contribution is 2.30. The number of ether oxygens (including phenoxy) is 2. The first-order valence-electron chi connectivity index (χ1n) is 8.30. The maximum absolute atomic E-state index is 13.6. The van der Waals surface area contributed by atoms with Crippen molar-refractivity contribution in [1.29, 1.82) is 0 Å². The molecular weight excluding hydrogens is 394 g/mol. The maximum atomic E-state index is 13.6. The first-order valence-corrected chi connectivity index (χ1v) is 8.30. The normalized spacial score (nSPS) is 12.5. The van der Waals surface area contributed by atoms with E-state index in [9.17, 15) is 27.2 Å². The summed E-state index contributed by atoms with van der Waals surface area (Å²) in [7, 11) is 1.32. The minimum absolute atomic E-state index is 0.0459. The number of carbonyl (C=O) groups excluding carboxylic acids is 2. The molecule has 0 saturated heterocycles. The molecule has 0 unspecified atom stereocenters. The topological polar surface area (TPSA) is 64.6 Å². The van der Waals surface area contributed by atoms with Crippen LogP contribution in [0.3, 0.4) is 0 Å². The molecule has 0 saturated carbocycles. The number of amides is 1. The van der Waals surface area contributed by atoms with Gasteiger partial charge in [0.1, 0.15) is 0 Å². The number of nitrogens with one attached hydrogen (secondary N) is 1. The Morgan fingerprint density at radius 3 is 2.48 bits per heavy atom. The van der Waals surface area contributed by atoms with Crippen molar-refractivity contribution in [2.24, 2.45) is 0 Å². The van der Waals surface area contributed by atoms with Gasteiger partial charge in [-0.3, -0.25) is 4.79 Å². The number of rotatable bonds is 6. The highest BCUT2D eigenvalue weighted by molar-refractivity contribution is 5.96. The highest BCUT2D eigenvalue weighted by Gasteiger charge is 2.30. The van der Waals surface area contributed by atoms with Crippen molar-refractivity contribution in [3.05, 3.63) is 65.5 Å². The molecule has 0 aliphatic carbocycles. The molecule has 1 atom stereocenters. The van der Waals surface area contributed by atoms with Crippen LogP contribution < -0.4 is 10.1 Å². The van der Waals surface area contributed by atoms with Gasteiger partial charge >= 0.3 is 12.1 Å². The molecule has 1 amide bonds. The van der Waals surface area contributed by atoms with Gasteiger partial charge in [-0.2, -0.15) is 13.2 Å². The summed E-state index contributed by atoms with van der Waals surface area (Å²) in [4.78, 5) is 23.9. The number of anilines is 1. The molecule has 154 valence electrons. The van der Waals surface area contributed by atoms with Gasteiger partial charge in [0.2, 0.25) is 0 Å². The lowest BCUT2D eigenvalue weighted by Gasteiger charge is -2.13. The quantitative estimate of drug-likeness (QED) is 0.434. The van der Waals surface area contributed by atoms with Crippen LogP contribution in [0.25, 0.3) is 6.08 Å². The van der Waals surface area contributed by atoms with Crippen LogP contribution in [-0.2, 0) is 20.5 Å². The minimum atomic E-state index is -4.55. The number of hydrogen-bond donors (Lipinski definition) is 1. The van der Waals surface area contributed by atoms with Crippen LogP contribution in [0.4, 0.5) is 23.2 Å². The zero-order valence-corrected chi connectivity index (χ0v) is 15.4. The van der Waals surface area contributed by atoms with Crippen molar-refractivity contribution < 1.29 is 36.6 Å². The zero-order chi connectivity index (χ0) is 21.6. The third-order valence-corrected chi connectivity index (χ3v) is 3.71. The second kappa shape index (κ2) is 9.22. The molecule has 0 aliphatic rings. The molecular formula is C20H17F4NO4. The third kappa shape index (κ3) is 6.34. The van der Waals surface area contributed by atoms with Crippen molar-refractivity contribution in [3.8, 4) is 5.75 Å². The van der Waals surface area contributed by atoms with Gasteiger partial charge in [-0.15, -0.1) is 0 Å². The molecule has 0 spiro atoms. The average molecular weight is 411 g/mol. The van der Waals surface area contributed by atoms with Crippen LogP contribution >= 0.6 is 0 Å². The molecule has 1 N–H and O–H groups in total. The van der Waals surface area contributed by atoms with Crippen molar-refractivity contribution in [2.45, 2.75) is 19.2 Å². The monoisotopic (exact) mass is 411 g/mol. The summed E-state index contributed by atoms with van der Waals surface area (Å²) in [5.41, 5.74) is -0.645. The van der Waals surface area contributed by atoms with Crippen LogP contribution in [0.5, 0.6) is 5.75 Å². The van der Waals surface area contributed by atoms with Gasteiger partial charge in [0.25, 0.3) is 5.91 Å². The fourth-order valence-electron chi connectivity index (χ4n) is 2.23. The molecule has 0 radical (unpaired) electrons. The second-order valence-corrected chi connectivity index (χ2v) is 5.87. The van der Waals surface area contributed by atoms with Crippen LogP contribution in [-0.4, -0.2) is 25.1 Å². The summed E-state index contributed by atoms with van der Waals surface area (Å²) in [6.07, 6.45) is -3.54. The van der Waals surface area contributed by atoms with E-state index < -0.39 is 35.5 Å². The molecule has 29 heavy (non-hydrogen) atoms. The number of esters is 1. The second-order valence-electron chi connectivity index (χ2n) is 5.87. The minimum Gasteiger partial charge on any atom is -0.494 e. The predicted molar refractivity (Wildman–Crippen MR) is 97.6 cm³/mol. The molecule has 9 heteroatoms. The van der Waals surface area contributed by atoms with Gasteiger partial charge in [0, 0.05) is 11.8 Å². The zero-order valence-electron chi connectivity index (χ0n) is 15.4. The number of alkyl halides is 3. The number of methoxy groups -OCH3 is 1. The van der Waals surface area contributed by atoms with E-state index in [4.69, 9.17) is 9.47 Å². The van der Waals surface area contributed by atoms with Gasteiger partial charge in [0.15, 0.2) is 17.7 Å². The Labute approximate surface area is 163 Å². The van der Waals surface area contributed by atoms with E-state index in [2.05, 4.69) is 5.32 Å². The molecule has 0 aliphatic heterocycles. The van der Waals surface area contributed by atoms with Gasteiger partial charge in [-0.1, -0.05) is 12.1 Å². The van der Waals surface area contributed by atoms with Gasteiger partial charge < -0.3 is 14.8 Å². The van der Waals surface area contributed by atoms with Crippen molar-refractivity contribution >= 4 is 23.6 Å². The van der Waals surface area contributed by atoms with E-state index in [-0.39, 0.29) is 11.4 Å². The average Bonchev–Trinajstić information content (AvgIpc) is 2.66. The Balaban J connectivity index is 1.95. The molecule has 2 aromatic carbocycles. The molecule has 2 rings (SSSR count). The van der Waals surface area contributed by atoms with E-state index in [1.165, 1.54) is 38.3 Å². The summed E-state index contributed by atoms with van der Waals surface area (Å²) in [5.74, 6) is -2.25. The molecule has 5 nitrogen and oxygen atoms in total. The standard InChI is InChI=1S/C20H17F4NO4/c1-12(19(27)25-15-5-3-4-14(11-15)20(22,23)24)29-18(26)9-7-13-6-8-17(28-2)16(21)10-13/h3-12H,1-2H3,(H,25,27)/b9-7+/t12-/m1/s1.